The molecule has 0 bridgehead atoms. The van der Waals surface area contributed by atoms with E-state index in [1.54, 1.807) is 42.5 Å². The van der Waals surface area contributed by atoms with E-state index in [1.807, 2.05) is 19.9 Å². The first-order valence-corrected chi connectivity index (χ1v) is 10.5. The van der Waals surface area contributed by atoms with Gasteiger partial charge >= 0.3 is 6.09 Å². The number of anilines is 1. The molecule has 3 rings (SSSR count). The largest absolute Gasteiger partial charge is 0.438 e. The lowest BCUT2D eigenvalue weighted by Crippen LogP contribution is -2.47. The van der Waals surface area contributed by atoms with Crippen molar-refractivity contribution in [1.82, 2.24) is 10.2 Å². The molecule has 1 aliphatic rings. The third-order valence-electron chi connectivity index (χ3n) is 4.82. The maximum atomic E-state index is 13.1. The Bertz CT molecular complexity index is 979. The highest BCUT2D eigenvalue weighted by Crippen LogP contribution is 2.35. The minimum absolute atomic E-state index is 0.182. The zero-order valence-electron chi connectivity index (χ0n) is 17.7. The Morgan fingerprint density at radius 3 is 2.58 bits per heavy atom. The second-order valence-electron chi connectivity index (χ2n) is 7.95. The number of halogens is 1. The predicted octanol–water partition coefficient (Wildman–Crippen LogP) is 4.13. The average Bonchev–Trinajstić information content (AvgIpc) is 3.02. The molecule has 1 saturated heterocycles. The summed E-state index contributed by atoms with van der Waals surface area (Å²) in [5.41, 5.74) is 1.98. The third kappa shape index (κ3) is 5.76. The smallest absolute Gasteiger partial charge is 0.411 e. The Morgan fingerprint density at radius 2 is 1.90 bits per heavy atom. The van der Waals surface area contributed by atoms with Crippen LogP contribution in [-0.4, -0.2) is 35.4 Å². The monoisotopic (exact) mass is 443 g/mol. The molecular formula is C23H26ClN3O4. The van der Waals surface area contributed by atoms with Crippen LogP contribution in [0.25, 0.3) is 0 Å². The summed E-state index contributed by atoms with van der Waals surface area (Å²) in [4.78, 5) is 38.7. The minimum Gasteiger partial charge on any atom is -0.438 e. The molecule has 1 heterocycles. The number of hydrogen-bond acceptors (Lipinski definition) is 4. The lowest BCUT2D eigenvalue weighted by atomic mass is 10.00. The SMILES string of the molecule is CC(=O)Nc1cccc(C2OC(=O)N(Cc3cccc(Cl)c3)C2C(=O)NCC(C)C)c1. The van der Waals surface area contributed by atoms with Crippen LogP contribution >= 0.6 is 11.6 Å². The number of rotatable bonds is 7. The first-order chi connectivity index (χ1) is 14.7. The van der Waals surface area contributed by atoms with Crippen molar-refractivity contribution in [3.8, 4) is 0 Å². The van der Waals surface area contributed by atoms with Crippen LogP contribution in [0.1, 0.15) is 38.0 Å². The van der Waals surface area contributed by atoms with Crippen LogP contribution in [0.4, 0.5) is 10.5 Å². The van der Waals surface area contributed by atoms with Crippen LogP contribution in [0.5, 0.6) is 0 Å². The molecule has 2 unspecified atom stereocenters. The van der Waals surface area contributed by atoms with Crippen LogP contribution in [0.3, 0.4) is 0 Å². The van der Waals surface area contributed by atoms with Gasteiger partial charge in [-0.25, -0.2) is 4.79 Å². The Kier molecular flexibility index (Phi) is 7.17. The van der Waals surface area contributed by atoms with Crippen molar-refractivity contribution >= 4 is 35.2 Å². The molecule has 1 fully saturated rings. The molecular weight excluding hydrogens is 418 g/mol. The molecule has 0 spiro atoms. The van der Waals surface area contributed by atoms with E-state index in [1.165, 1.54) is 11.8 Å². The second kappa shape index (κ2) is 9.83. The summed E-state index contributed by atoms with van der Waals surface area (Å²) in [6, 6.07) is 13.2. The van der Waals surface area contributed by atoms with Crippen LogP contribution in [0.15, 0.2) is 48.5 Å². The molecule has 0 saturated carbocycles. The zero-order valence-corrected chi connectivity index (χ0v) is 18.5. The standard InChI is InChI=1S/C23H26ClN3O4/c1-14(2)12-25-22(29)20-21(17-7-5-9-19(11-17)26-15(3)28)31-23(30)27(20)13-16-6-4-8-18(24)10-16/h4-11,14,20-21H,12-13H2,1-3H3,(H,25,29)(H,26,28). The number of carbonyl (C=O) groups excluding carboxylic acids is 3. The highest BCUT2D eigenvalue weighted by Gasteiger charge is 2.47. The highest BCUT2D eigenvalue weighted by molar-refractivity contribution is 6.30. The van der Waals surface area contributed by atoms with Gasteiger partial charge < -0.3 is 15.4 Å². The van der Waals surface area contributed by atoms with Gasteiger partial charge in [-0.3, -0.25) is 14.5 Å². The topological polar surface area (TPSA) is 87.7 Å². The van der Waals surface area contributed by atoms with Gasteiger partial charge in [-0.1, -0.05) is 49.7 Å². The Hall–Kier alpha value is -3.06. The molecule has 0 radical (unpaired) electrons. The fourth-order valence-electron chi connectivity index (χ4n) is 3.45. The van der Waals surface area contributed by atoms with Crippen molar-refractivity contribution in [3.05, 3.63) is 64.7 Å². The van der Waals surface area contributed by atoms with Gasteiger partial charge in [-0.05, 0) is 41.3 Å². The molecule has 164 valence electrons. The maximum absolute atomic E-state index is 13.1. The van der Waals surface area contributed by atoms with E-state index in [9.17, 15) is 14.4 Å². The third-order valence-corrected chi connectivity index (χ3v) is 5.05. The normalized spacial score (nSPS) is 18.1. The van der Waals surface area contributed by atoms with Crippen molar-refractivity contribution in [2.45, 2.75) is 39.5 Å². The van der Waals surface area contributed by atoms with Gasteiger partial charge in [0.15, 0.2) is 12.1 Å². The lowest BCUT2D eigenvalue weighted by molar-refractivity contribution is -0.126. The van der Waals surface area contributed by atoms with Gasteiger partial charge in [0.2, 0.25) is 11.8 Å². The summed E-state index contributed by atoms with van der Waals surface area (Å²) in [6.07, 6.45) is -1.40. The zero-order chi connectivity index (χ0) is 22.5. The summed E-state index contributed by atoms with van der Waals surface area (Å²) in [5, 5.41) is 6.17. The summed E-state index contributed by atoms with van der Waals surface area (Å²) in [5.74, 6) is -0.254. The number of ether oxygens (including phenoxy) is 1. The second-order valence-corrected chi connectivity index (χ2v) is 8.39. The first-order valence-electron chi connectivity index (χ1n) is 10.1. The van der Waals surface area contributed by atoms with E-state index < -0.39 is 18.2 Å². The number of hydrogen-bond donors (Lipinski definition) is 2. The molecule has 2 aromatic carbocycles. The number of nitrogens with zero attached hydrogens (tertiary/aromatic N) is 1. The molecule has 31 heavy (non-hydrogen) atoms. The van der Waals surface area contributed by atoms with Crippen LogP contribution in [0.2, 0.25) is 5.02 Å². The van der Waals surface area contributed by atoms with Crippen LogP contribution < -0.4 is 10.6 Å². The highest BCUT2D eigenvalue weighted by atomic mass is 35.5. The minimum atomic E-state index is -0.863. The predicted molar refractivity (Wildman–Crippen MR) is 119 cm³/mol. The quantitative estimate of drug-likeness (QED) is 0.673. The number of nitrogens with one attached hydrogen (secondary N) is 2. The van der Waals surface area contributed by atoms with Gasteiger partial charge in [-0.15, -0.1) is 0 Å². The van der Waals surface area contributed by atoms with E-state index in [0.717, 1.165) is 5.56 Å². The average molecular weight is 444 g/mol. The molecule has 7 nitrogen and oxygen atoms in total. The van der Waals surface area contributed by atoms with E-state index >= 15 is 0 Å². The number of benzene rings is 2. The number of cyclic esters (lactones) is 1. The summed E-state index contributed by atoms with van der Waals surface area (Å²) >= 11 is 6.09. The van der Waals surface area contributed by atoms with Gasteiger partial charge in [-0.2, -0.15) is 0 Å². The van der Waals surface area contributed by atoms with E-state index in [4.69, 9.17) is 16.3 Å². The van der Waals surface area contributed by atoms with Gasteiger partial charge in [0.05, 0.1) is 6.54 Å². The van der Waals surface area contributed by atoms with Crippen molar-refractivity contribution in [2.75, 3.05) is 11.9 Å². The Labute approximate surface area is 186 Å². The van der Waals surface area contributed by atoms with Gasteiger partial charge in [0.1, 0.15) is 0 Å². The number of amides is 3. The molecule has 2 aromatic rings. The van der Waals surface area contributed by atoms with Crippen LogP contribution in [0, 0.1) is 5.92 Å². The van der Waals surface area contributed by atoms with E-state index in [-0.39, 0.29) is 24.3 Å². The molecule has 2 atom stereocenters. The lowest BCUT2D eigenvalue weighted by Gasteiger charge is -2.25. The molecule has 1 aliphatic heterocycles. The van der Waals surface area contributed by atoms with E-state index in [2.05, 4.69) is 10.6 Å². The first kappa shape index (κ1) is 22.6. The fourth-order valence-corrected chi connectivity index (χ4v) is 3.66. The fraction of sp³-hybridized carbons (Fsp3) is 0.348. The Morgan fingerprint density at radius 1 is 1.16 bits per heavy atom. The maximum Gasteiger partial charge on any atom is 0.411 e. The summed E-state index contributed by atoms with van der Waals surface area (Å²) in [7, 11) is 0. The molecule has 0 aliphatic carbocycles. The summed E-state index contributed by atoms with van der Waals surface area (Å²) < 4.78 is 5.64. The van der Waals surface area contributed by atoms with E-state index in [0.29, 0.717) is 22.8 Å². The summed E-state index contributed by atoms with van der Waals surface area (Å²) in [6.45, 7) is 6.06. The molecule has 2 N–H and O–H groups in total. The van der Waals surface area contributed by atoms with Crippen molar-refractivity contribution in [2.24, 2.45) is 5.92 Å². The molecule has 8 heteroatoms. The molecule has 3 amide bonds. The van der Waals surface area contributed by atoms with Crippen molar-refractivity contribution in [1.29, 1.82) is 0 Å². The van der Waals surface area contributed by atoms with Gasteiger partial charge in [0.25, 0.3) is 0 Å². The van der Waals surface area contributed by atoms with Crippen molar-refractivity contribution < 1.29 is 19.1 Å². The number of carbonyl (C=O) groups is 3. The molecule has 0 aromatic heterocycles. The van der Waals surface area contributed by atoms with Crippen molar-refractivity contribution in [3.63, 3.8) is 0 Å². The van der Waals surface area contributed by atoms with Gasteiger partial charge in [0, 0.05) is 24.2 Å². The van der Waals surface area contributed by atoms with Crippen LogP contribution in [-0.2, 0) is 20.9 Å². The Balaban J connectivity index is 1.93.